The van der Waals surface area contributed by atoms with E-state index in [0.29, 0.717) is 5.56 Å². The van der Waals surface area contributed by atoms with E-state index in [1.165, 1.54) is 6.07 Å². The molecule has 0 saturated heterocycles. The molecule has 2 nitrogen and oxygen atoms in total. The van der Waals surface area contributed by atoms with Crippen LogP contribution in [-0.2, 0) is 6.42 Å². The van der Waals surface area contributed by atoms with E-state index in [1.807, 2.05) is 25.1 Å². The summed E-state index contributed by atoms with van der Waals surface area (Å²) < 4.78 is 27.8. The third-order valence-electron chi connectivity index (χ3n) is 3.23. The molecule has 0 fully saturated rings. The Morgan fingerprint density at radius 2 is 1.95 bits per heavy atom. The molecule has 0 amide bonds. The highest BCUT2D eigenvalue weighted by atomic mass is 79.9. The fraction of sp³-hybridized carbons (Fsp3) is 0.200. The summed E-state index contributed by atoms with van der Waals surface area (Å²) in [5, 5.41) is 0. The highest BCUT2D eigenvalue weighted by Gasteiger charge is 2.14. The molecule has 2 rings (SSSR count). The molecule has 20 heavy (non-hydrogen) atoms. The van der Waals surface area contributed by atoms with Crippen molar-refractivity contribution in [1.82, 2.24) is 5.43 Å². The maximum Gasteiger partial charge on any atom is 0.126 e. The van der Waals surface area contributed by atoms with Crippen molar-refractivity contribution in [1.29, 1.82) is 0 Å². The highest BCUT2D eigenvalue weighted by molar-refractivity contribution is 9.10. The van der Waals surface area contributed by atoms with E-state index in [2.05, 4.69) is 21.4 Å². The maximum atomic E-state index is 13.7. The second-order valence-electron chi connectivity index (χ2n) is 4.67. The first kappa shape index (κ1) is 15.1. The SMILES string of the molecule is Cc1ccc(C(Cc2cc(F)ccc2F)NN)cc1Br. The Labute approximate surface area is 125 Å². The summed E-state index contributed by atoms with van der Waals surface area (Å²) in [6, 6.07) is 8.94. The van der Waals surface area contributed by atoms with Crippen LogP contribution >= 0.6 is 15.9 Å². The van der Waals surface area contributed by atoms with Gasteiger partial charge in [0.25, 0.3) is 0 Å². The van der Waals surface area contributed by atoms with Crippen LogP contribution in [0.25, 0.3) is 0 Å². The molecule has 1 unspecified atom stereocenters. The molecular formula is C15H15BrF2N2. The molecule has 0 heterocycles. The van der Waals surface area contributed by atoms with Gasteiger partial charge in [-0.15, -0.1) is 0 Å². The van der Waals surface area contributed by atoms with E-state index in [1.54, 1.807) is 0 Å². The van der Waals surface area contributed by atoms with Gasteiger partial charge in [-0.2, -0.15) is 0 Å². The van der Waals surface area contributed by atoms with Gasteiger partial charge in [0.05, 0.1) is 6.04 Å². The number of nitrogens with one attached hydrogen (secondary N) is 1. The van der Waals surface area contributed by atoms with Gasteiger partial charge in [-0.25, -0.2) is 8.78 Å². The van der Waals surface area contributed by atoms with Crippen molar-refractivity contribution in [3.8, 4) is 0 Å². The van der Waals surface area contributed by atoms with Gasteiger partial charge < -0.3 is 0 Å². The third-order valence-corrected chi connectivity index (χ3v) is 4.09. The Balaban J connectivity index is 2.28. The zero-order valence-corrected chi connectivity index (χ0v) is 12.5. The Bertz CT molecular complexity index is 617. The fourth-order valence-corrected chi connectivity index (χ4v) is 2.42. The Morgan fingerprint density at radius 3 is 2.60 bits per heavy atom. The minimum atomic E-state index is -0.456. The van der Waals surface area contributed by atoms with Crippen LogP contribution in [0.15, 0.2) is 40.9 Å². The summed E-state index contributed by atoms with van der Waals surface area (Å²) in [4.78, 5) is 0. The lowest BCUT2D eigenvalue weighted by atomic mass is 9.98. The highest BCUT2D eigenvalue weighted by Crippen LogP contribution is 2.25. The lowest BCUT2D eigenvalue weighted by Gasteiger charge is -2.18. The summed E-state index contributed by atoms with van der Waals surface area (Å²) in [5.74, 6) is 4.66. The molecule has 0 saturated carbocycles. The lowest BCUT2D eigenvalue weighted by Crippen LogP contribution is -2.29. The molecule has 1 atom stereocenters. The van der Waals surface area contributed by atoms with Gasteiger partial charge in [0.1, 0.15) is 11.6 Å². The van der Waals surface area contributed by atoms with Crippen molar-refractivity contribution in [2.24, 2.45) is 5.84 Å². The normalized spacial score (nSPS) is 12.4. The van der Waals surface area contributed by atoms with Gasteiger partial charge >= 0.3 is 0 Å². The first-order chi connectivity index (χ1) is 9.51. The van der Waals surface area contributed by atoms with Crippen LogP contribution < -0.4 is 11.3 Å². The average Bonchev–Trinajstić information content (AvgIpc) is 2.43. The zero-order chi connectivity index (χ0) is 14.7. The number of hydrogen-bond acceptors (Lipinski definition) is 2. The van der Waals surface area contributed by atoms with Crippen molar-refractivity contribution < 1.29 is 8.78 Å². The van der Waals surface area contributed by atoms with Crippen molar-refractivity contribution in [3.05, 3.63) is 69.2 Å². The first-order valence-corrected chi connectivity index (χ1v) is 6.96. The predicted octanol–water partition coefficient (Wildman–Crippen LogP) is 3.78. The summed E-state index contributed by atoms with van der Waals surface area (Å²) >= 11 is 3.45. The fourth-order valence-electron chi connectivity index (χ4n) is 2.02. The number of hydrogen-bond donors (Lipinski definition) is 2. The van der Waals surface area contributed by atoms with E-state index >= 15 is 0 Å². The van der Waals surface area contributed by atoms with Gasteiger partial charge in [-0.05, 0) is 54.3 Å². The molecule has 0 aliphatic carbocycles. The van der Waals surface area contributed by atoms with Crippen molar-refractivity contribution in [3.63, 3.8) is 0 Å². The van der Waals surface area contributed by atoms with Crippen LogP contribution in [0.2, 0.25) is 0 Å². The first-order valence-electron chi connectivity index (χ1n) is 6.17. The smallest absolute Gasteiger partial charge is 0.126 e. The molecule has 2 aromatic rings. The molecule has 2 aromatic carbocycles. The average molecular weight is 341 g/mol. The molecule has 5 heteroatoms. The van der Waals surface area contributed by atoms with E-state index in [4.69, 9.17) is 5.84 Å². The van der Waals surface area contributed by atoms with E-state index in [9.17, 15) is 8.78 Å². The van der Waals surface area contributed by atoms with Crippen LogP contribution in [-0.4, -0.2) is 0 Å². The van der Waals surface area contributed by atoms with Crippen LogP contribution in [0.3, 0.4) is 0 Å². The van der Waals surface area contributed by atoms with Crippen LogP contribution in [0.1, 0.15) is 22.7 Å². The van der Waals surface area contributed by atoms with Gasteiger partial charge in [-0.3, -0.25) is 11.3 Å². The largest absolute Gasteiger partial charge is 0.271 e. The molecule has 106 valence electrons. The van der Waals surface area contributed by atoms with Crippen molar-refractivity contribution in [2.75, 3.05) is 0 Å². The molecule has 0 bridgehead atoms. The van der Waals surface area contributed by atoms with Gasteiger partial charge in [-0.1, -0.05) is 28.1 Å². The quantitative estimate of drug-likeness (QED) is 0.656. The second-order valence-corrected chi connectivity index (χ2v) is 5.52. The molecule has 0 aromatic heterocycles. The standard InChI is InChI=1S/C15H15BrF2N2/c1-9-2-3-10(7-13(9)16)15(20-19)8-11-6-12(17)4-5-14(11)18/h2-7,15,20H,8,19H2,1H3. The van der Waals surface area contributed by atoms with Crippen molar-refractivity contribution >= 4 is 15.9 Å². The number of benzene rings is 2. The predicted molar refractivity (Wildman–Crippen MR) is 79.0 cm³/mol. The van der Waals surface area contributed by atoms with E-state index in [0.717, 1.165) is 27.7 Å². The molecule has 0 aliphatic heterocycles. The second kappa shape index (κ2) is 6.43. The minimum Gasteiger partial charge on any atom is -0.271 e. The number of nitrogens with two attached hydrogens (primary N) is 1. The van der Waals surface area contributed by atoms with Crippen molar-refractivity contribution in [2.45, 2.75) is 19.4 Å². The van der Waals surface area contributed by atoms with Gasteiger partial charge in [0.15, 0.2) is 0 Å². The van der Waals surface area contributed by atoms with E-state index in [-0.39, 0.29) is 12.5 Å². The zero-order valence-electron chi connectivity index (χ0n) is 11.0. The van der Waals surface area contributed by atoms with E-state index < -0.39 is 11.6 Å². The third kappa shape index (κ3) is 3.42. The topological polar surface area (TPSA) is 38.0 Å². The van der Waals surface area contributed by atoms with Crippen LogP contribution in [0.5, 0.6) is 0 Å². The number of aryl methyl sites for hydroxylation is 1. The Kier molecular flexibility index (Phi) is 4.86. The monoisotopic (exact) mass is 340 g/mol. The molecule has 3 N–H and O–H groups in total. The summed E-state index contributed by atoms with van der Waals surface area (Å²) in [7, 11) is 0. The summed E-state index contributed by atoms with van der Waals surface area (Å²) in [5.41, 5.74) is 4.96. The maximum absolute atomic E-state index is 13.7. The molecule has 0 aliphatic rings. The molecule has 0 radical (unpaired) electrons. The van der Waals surface area contributed by atoms with Crippen LogP contribution in [0.4, 0.5) is 8.78 Å². The molecular weight excluding hydrogens is 326 g/mol. The number of hydrazine groups is 1. The lowest BCUT2D eigenvalue weighted by molar-refractivity contribution is 0.522. The van der Waals surface area contributed by atoms with Gasteiger partial charge in [0, 0.05) is 4.47 Å². The number of rotatable bonds is 4. The molecule has 0 spiro atoms. The number of halogens is 3. The van der Waals surface area contributed by atoms with Crippen LogP contribution in [0, 0.1) is 18.6 Å². The Hall–Kier alpha value is -1.30. The Morgan fingerprint density at radius 1 is 1.20 bits per heavy atom. The minimum absolute atomic E-state index is 0.273. The summed E-state index contributed by atoms with van der Waals surface area (Å²) in [6.45, 7) is 1.98. The summed E-state index contributed by atoms with van der Waals surface area (Å²) in [6.07, 6.45) is 0.273. The van der Waals surface area contributed by atoms with Gasteiger partial charge in [0.2, 0.25) is 0 Å².